The number of nitrogens with zero attached hydrogens (tertiary/aromatic N) is 2. The van der Waals surface area contributed by atoms with E-state index in [-0.39, 0.29) is 0 Å². The summed E-state index contributed by atoms with van der Waals surface area (Å²) in [6.45, 7) is 1.73. The van der Waals surface area contributed by atoms with Gasteiger partial charge in [-0.15, -0.1) is 0 Å². The van der Waals surface area contributed by atoms with Gasteiger partial charge in [0.15, 0.2) is 5.96 Å². The van der Waals surface area contributed by atoms with Crippen LogP contribution < -0.4 is 15.5 Å². The second-order valence-electron chi connectivity index (χ2n) is 5.65. The molecular weight excluding hydrogens is 304 g/mol. The fourth-order valence-electron chi connectivity index (χ4n) is 2.26. The first-order valence-corrected chi connectivity index (χ1v) is 8.85. The van der Waals surface area contributed by atoms with Crippen LogP contribution in [0.2, 0.25) is 0 Å². The van der Waals surface area contributed by atoms with Crippen LogP contribution in [0.1, 0.15) is 17.5 Å². The Bertz CT molecular complexity index is 588. The van der Waals surface area contributed by atoms with Crippen LogP contribution in [0, 0.1) is 0 Å². The van der Waals surface area contributed by atoms with Crippen molar-refractivity contribution in [2.75, 3.05) is 32.6 Å². The largest absolute Gasteiger partial charge is 0.378 e. The summed E-state index contributed by atoms with van der Waals surface area (Å²) in [6, 6.07) is 10.9. The van der Waals surface area contributed by atoms with Crippen LogP contribution in [-0.2, 0) is 13.0 Å². The predicted molar refractivity (Wildman–Crippen MR) is 102 cm³/mol. The standard InChI is InChI=1S/C18H26N4S/c1-19-18(21-13-16-10-12-23-14-16)20-11-4-5-15-6-8-17(9-7-15)22(2)3/h6-10,12,14H,4-5,11,13H2,1-3H3,(H2,19,20,21). The molecular formula is C18H26N4S. The Morgan fingerprint density at radius 2 is 1.87 bits per heavy atom. The van der Waals surface area contributed by atoms with Crippen molar-refractivity contribution in [3.05, 3.63) is 52.2 Å². The highest BCUT2D eigenvalue weighted by atomic mass is 32.1. The van der Waals surface area contributed by atoms with Crippen molar-refractivity contribution in [3.63, 3.8) is 0 Å². The molecule has 2 aromatic rings. The molecule has 0 aliphatic rings. The predicted octanol–water partition coefficient (Wildman–Crippen LogP) is 3.11. The summed E-state index contributed by atoms with van der Waals surface area (Å²) in [6.07, 6.45) is 2.16. The molecule has 124 valence electrons. The van der Waals surface area contributed by atoms with Gasteiger partial charge in [0.25, 0.3) is 0 Å². The SMILES string of the molecule is CN=C(NCCCc1ccc(N(C)C)cc1)NCc1ccsc1. The molecule has 0 fully saturated rings. The van der Waals surface area contributed by atoms with E-state index in [1.54, 1.807) is 11.3 Å². The number of thiophene rings is 1. The molecule has 0 unspecified atom stereocenters. The Morgan fingerprint density at radius 3 is 2.48 bits per heavy atom. The van der Waals surface area contributed by atoms with Gasteiger partial charge in [-0.2, -0.15) is 11.3 Å². The van der Waals surface area contributed by atoms with E-state index in [1.165, 1.54) is 16.8 Å². The van der Waals surface area contributed by atoms with Crippen LogP contribution in [0.5, 0.6) is 0 Å². The van der Waals surface area contributed by atoms with E-state index in [0.29, 0.717) is 0 Å². The van der Waals surface area contributed by atoms with Crippen LogP contribution in [-0.4, -0.2) is 33.6 Å². The maximum absolute atomic E-state index is 4.26. The minimum atomic E-state index is 0.815. The summed E-state index contributed by atoms with van der Waals surface area (Å²) in [5.41, 5.74) is 3.91. The molecule has 0 radical (unpaired) electrons. The average molecular weight is 331 g/mol. The molecule has 0 spiro atoms. The normalized spacial score (nSPS) is 11.3. The highest BCUT2D eigenvalue weighted by Gasteiger charge is 2.00. The van der Waals surface area contributed by atoms with Crippen molar-refractivity contribution in [1.82, 2.24) is 10.6 Å². The molecule has 0 aliphatic heterocycles. The smallest absolute Gasteiger partial charge is 0.191 e. The number of benzene rings is 1. The topological polar surface area (TPSA) is 39.7 Å². The van der Waals surface area contributed by atoms with E-state index in [9.17, 15) is 0 Å². The monoisotopic (exact) mass is 330 g/mol. The van der Waals surface area contributed by atoms with E-state index < -0.39 is 0 Å². The van der Waals surface area contributed by atoms with E-state index in [4.69, 9.17) is 0 Å². The molecule has 0 saturated carbocycles. The lowest BCUT2D eigenvalue weighted by Crippen LogP contribution is -2.37. The van der Waals surface area contributed by atoms with E-state index >= 15 is 0 Å². The highest BCUT2D eigenvalue weighted by molar-refractivity contribution is 7.07. The first-order chi connectivity index (χ1) is 11.2. The Kier molecular flexibility index (Phi) is 6.94. The number of aliphatic imine (C=N–C) groups is 1. The van der Waals surface area contributed by atoms with Gasteiger partial charge in [0.05, 0.1) is 0 Å². The Hall–Kier alpha value is -2.01. The van der Waals surface area contributed by atoms with Gasteiger partial charge in [0, 0.05) is 39.9 Å². The first-order valence-electron chi connectivity index (χ1n) is 7.91. The summed E-state index contributed by atoms with van der Waals surface area (Å²) in [4.78, 5) is 6.37. The fourth-order valence-corrected chi connectivity index (χ4v) is 2.93. The lowest BCUT2D eigenvalue weighted by Gasteiger charge is -2.13. The Labute approximate surface area is 143 Å². The Morgan fingerprint density at radius 1 is 1.09 bits per heavy atom. The van der Waals surface area contributed by atoms with Gasteiger partial charge in [-0.25, -0.2) is 0 Å². The second-order valence-corrected chi connectivity index (χ2v) is 6.43. The van der Waals surface area contributed by atoms with Gasteiger partial charge in [0.2, 0.25) is 0 Å². The van der Waals surface area contributed by atoms with Crippen molar-refractivity contribution >= 4 is 23.0 Å². The van der Waals surface area contributed by atoms with Crippen LogP contribution in [0.3, 0.4) is 0 Å². The molecule has 1 heterocycles. The molecule has 4 nitrogen and oxygen atoms in total. The molecule has 0 amide bonds. The van der Waals surface area contributed by atoms with Gasteiger partial charge in [-0.05, 0) is 52.9 Å². The van der Waals surface area contributed by atoms with Gasteiger partial charge in [-0.1, -0.05) is 12.1 Å². The van der Waals surface area contributed by atoms with Crippen molar-refractivity contribution in [1.29, 1.82) is 0 Å². The first kappa shape index (κ1) is 17.3. The molecule has 23 heavy (non-hydrogen) atoms. The van der Waals surface area contributed by atoms with E-state index in [1.807, 2.05) is 7.05 Å². The minimum absolute atomic E-state index is 0.815. The zero-order chi connectivity index (χ0) is 16.5. The molecule has 0 bridgehead atoms. The average Bonchev–Trinajstić information content (AvgIpc) is 3.08. The molecule has 0 aliphatic carbocycles. The number of guanidine groups is 1. The third kappa shape index (κ3) is 5.94. The highest BCUT2D eigenvalue weighted by Crippen LogP contribution is 2.13. The maximum Gasteiger partial charge on any atom is 0.191 e. The number of rotatable bonds is 7. The number of hydrogen-bond acceptors (Lipinski definition) is 3. The van der Waals surface area contributed by atoms with E-state index in [2.05, 4.69) is 75.7 Å². The zero-order valence-electron chi connectivity index (χ0n) is 14.2. The lowest BCUT2D eigenvalue weighted by molar-refractivity contribution is 0.742. The molecule has 5 heteroatoms. The van der Waals surface area contributed by atoms with Gasteiger partial charge >= 0.3 is 0 Å². The van der Waals surface area contributed by atoms with Crippen molar-refractivity contribution in [2.24, 2.45) is 4.99 Å². The van der Waals surface area contributed by atoms with Crippen LogP contribution >= 0.6 is 11.3 Å². The van der Waals surface area contributed by atoms with Crippen LogP contribution in [0.4, 0.5) is 5.69 Å². The third-order valence-electron chi connectivity index (χ3n) is 3.65. The summed E-state index contributed by atoms with van der Waals surface area (Å²) < 4.78 is 0. The van der Waals surface area contributed by atoms with E-state index in [0.717, 1.165) is 31.9 Å². The van der Waals surface area contributed by atoms with Crippen molar-refractivity contribution in [3.8, 4) is 0 Å². The zero-order valence-corrected chi connectivity index (χ0v) is 15.0. The van der Waals surface area contributed by atoms with Gasteiger partial charge in [-0.3, -0.25) is 4.99 Å². The number of anilines is 1. The summed E-state index contributed by atoms with van der Waals surface area (Å²) >= 11 is 1.72. The summed E-state index contributed by atoms with van der Waals surface area (Å²) in [5.74, 6) is 0.860. The molecule has 1 aromatic carbocycles. The quantitative estimate of drug-likeness (QED) is 0.465. The lowest BCUT2D eigenvalue weighted by atomic mass is 10.1. The molecule has 0 atom stereocenters. The third-order valence-corrected chi connectivity index (χ3v) is 4.38. The van der Waals surface area contributed by atoms with Crippen molar-refractivity contribution < 1.29 is 0 Å². The molecule has 2 N–H and O–H groups in total. The van der Waals surface area contributed by atoms with Crippen molar-refractivity contribution in [2.45, 2.75) is 19.4 Å². The summed E-state index contributed by atoms with van der Waals surface area (Å²) in [5, 5.41) is 10.9. The maximum atomic E-state index is 4.26. The number of nitrogens with one attached hydrogen (secondary N) is 2. The Balaban J connectivity index is 1.67. The van der Waals surface area contributed by atoms with Gasteiger partial charge < -0.3 is 15.5 Å². The van der Waals surface area contributed by atoms with Gasteiger partial charge in [0.1, 0.15) is 0 Å². The summed E-state index contributed by atoms with van der Waals surface area (Å²) in [7, 11) is 5.93. The fraction of sp³-hybridized carbons (Fsp3) is 0.389. The number of hydrogen-bond donors (Lipinski definition) is 2. The number of aryl methyl sites for hydroxylation is 1. The van der Waals surface area contributed by atoms with Crippen LogP contribution in [0.25, 0.3) is 0 Å². The molecule has 0 saturated heterocycles. The second kappa shape index (κ2) is 9.20. The minimum Gasteiger partial charge on any atom is -0.378 e. The van der Waals surface area contributed by atoms with Crippen LogP contribution in [0.15, 0.2) is 46.1 Å². The molecule has 2 rings (SSSR count). The molecule has 1 aromatic heterocycles.